The van der Waals surface area contributed by atoms with Crippen LogP contribution in [-0.4, -0.2) is 17.6 Å². The van der Waals surface area contributed by atoms with Gasteiger partial charge in [0, 0.05) is 16.4 Å². The number of aromatic nitrogens is 1. The summed E-state index contributed by atoms with van der Waals surface area (Å²) in [4.78, 5) is 16.6. The SMILES string of the molecule is CCOC(=O)c1sc2cnc(Cl)cc2c1C(C)Br. The van der Waals surface area contributed by atoms with Crippen LogP contribution >= 0.6 is 38.9 Å². The summed E-state index contributed by atoms with van der Waals surface area (Å²) in [5.41, 5.74) is 0.915. The van der Waals surface area contributed by atoms with E-state index in [0.29, 0.717) is 16.6 Å². The molecule has 0 aliphatic rings. The molecule has 0 radical (unpaired) electrons. The maximum absolute atomic E-state index is 11.9. The molecule has 6 heteroatoms. The largest absolute Gasteiger partial charge is 0.462 e. The summed E-state index contributed by atoms with van der Waals surface area (Å²) in [6, 6.07) is 1.78. The molecule has 0 spiro atoms. The number of thiophene rings is 1. The monoisotopic (exact) mass is 347 g/mol. The molecule has 0 aromatic carbocycles. The van der Waals surface area contributed by atoms with Crippen molar-refractivity contribution in [1.82, 2.24) is 4.98 Å². The van der Waals surface area contributed by atoms with E-state index in [1.165, 1.54) is 11.3 Å². The fourth-order valence-corrected chi connectivity index (χ4v) is 3.67. The highest BCUT2D eigenvalue weighted by molar-refractivity contribution is 9.09. The van der Waals surface area contributed by atoms with Crippen molar-refractivity contribution in [3.8, 4) is 0 Å². The van der Waals surface area contributed by atoms with Crippen molar-refractivity contribution < 1.29 is 9.53 Å². The Labute approximate surface area is 122 Å². The molecule has 2 rings (SSSR count). The maximum atomic E-state index is 11.9. The van der Waals surface area contributed by atoms with E-state index in [2.05, 4.69) is 20.9 Å². The second-order valence-electron chi connectivity index (χ2n) is 3.68. The fourth-order valence-electron chi connectivity index (χ4n) is 1.74. The lowest BCUT2D eigenvalue weighted by molar-refractivity contribution is 0.0531. The number of pyridine rings is 1. The van der Waals surface area contributed by atoms with Crippen molar-refractivity contribution >= 4 is 54.9 Å². The Hall–Kier alpha value is -0.650. The second kappa shape index (κ2) is 5.55. The lowest BCUT2D eigenvalue weighted by atomic mass is 10.1. The standard InChI is InChI=1S/C12H11BrClNO2S/c1-3-17-12(16)11-10(6(2)13)7-4-9(14)15-5-8(7)18-11/h4-6H,3H2,1-2H3. The number of carbonyl (C=O) groups is 1. The van der Waals surface area contributed by atoms with Gasteiger partial charge in [-0.15, -0.1) is 11.3 Å². The Morgan fingerprint density at radius 2 is 2.39 bits per heavy atom. The maximum Gasteiger partial charge on any atom is 0.348 e. The van der Waals surface area contributed by atoms with Gasteiger partial charge in [-0.1, -0.05) is 27.5 Å². The van der Waals surface area contributed by atoms with Gasteiger partial charge in [0.05, 0.1) is 11.3 Å². The molecule has 0 aliphatic carbocycles. The molecule has 0 saturated heterocycles. The molecule has 0 bridgehead atoms. The van der Waals surface area contributed by atoms with Crippen molar-refractivity contribution in [3.05, 3.63) is 27.9 Å². The number of esters is 1. The topological polar surface area (TPSA) is 39.2 Å². The van der Waals surface area contributed by atoms with Gasteiger partial charge in [-0.25, -0.2) is 9.78 Å². The number of fused-ring (bicyclic) bond motifs is 1. The molecule has 1 atom stereocenters. The molecular formula is C12H11BrClNO2S. The number of halogens is 2. The number of hydrogen-bond donors (Lipinski definition) is 0. The van der Waals surface area contributed by atoms with Crippen LogP contribution in [0.2, 0.25) is 5.15 Å². The van der Waals surface area contributed by atoms with Crippen LogP contribution < -0.4 is 0 Å². The van der Waals surface area contributed by atoms with Crippen LogP contribution in [0, 0.1) is 0 Å². The van der Waals surface area contributed by atoms with E-state index < -0.39 is 0 Å². The van der Waals surface area contributed by atoms with E-state index in [-0.39, 0.29) is 10.8 Å². The average Bonchev–Trinajstić information content (AvgIpc) is 2.67. The molecule has 0 fully saturated rings. The molecule has 3 nitrogen and oxygen atoms in total. The summed E-state index contributed by atoms with van der Waals surface area (Å²) in [5.74, 6) is -0.295. The first kappa shape index (κ1) is 13.8. The highest BCUT2D eigenvalue weighted by Crippen LogP contribution is 2.39. The van der Waals surface area contributed by atoms with E-state index in [1.54, 1.807) is 19.2 Å². The van der Waals surface area contributed by atoms with Crippen molar-refractivity contribution in [3.63, 3.8) is 0 Å². The Morgan fingerprint density at radius 3 is 3.00 bits per heavy atom. The van der Waals surface area contributed by atoms with Crippen LogP contribution in [0.25, 0.3) is 10.1 Å². The van der Waals surface area contributed by atoms with Crippen molar-refractivity contribution in [1.29, 1.82) is 0 Å². The predicted molar refractivity (Wildman–Crippen MR) is 77.9 cm³/mol. The average molecular weight is 349 g/mol. The number of ether oxygens (including phenoxy) is 1. The van der Waals surface area contributed by atoms with Gasteiger partial charge in [-0.2, -0.15) is 0 Å². The van der Waals surface area contributed by atoms with E-state index in [4.69, 9.17) is 16.3 Å². The molecule has 2 aromatic rings. The van der Waals surface area contributed by atoms with Gasteiger partial charge in [0.2, 0.25) is 0 Å². The Balaban J connectivity index is 2.65. The molecule has 96 valence electrons. The smallest absolute Gasteiger partial charge is 0.348 e. The number of hydrogen-bond acceptors (Lipinski definition) is 4. The van der Waals surface area contributed by atoms with Gasteiger partial charge < -0.3 is 4.74 Å². The third kappa shape index (κ3) is 2.53. The Kier molecular flexibility index (Phi) is 4.25. The molecule has 2 aromatic heterocycles. The van der Waals surface area contributed by atoms with Gasteiger partial charge in [0.1, 0.15) is 10.0 Å². The van der Waals surface area contributed by atoms with Crippen LogP contribution in [0.1, 0.15) is 33.9 Å². The van der Waals surface area contributed by atoms with Gasteiger partial charge >= 0.3 is 5.97 Å². The van der Waals surface area contributed by atoms with Crippen LogP contribution in [0.4, 0.5) is 0 Å². The lowest BCUT2D eigenvalue weighted by Crippen LogP contribution is -2.05. The van der Waals surface area contributed by atoms with Gasteiger partial charge in [-0.3, -0.25) is 0 Å². The van der Waals surface area contributed by atoms with E-state index in [1.807, 2.05) is 6.92 Å². The zero-order chi connectivity index (χ0) is 13.3. The van der Waals surface area contributed by atoms with E-state index >= 15 is 0 Å². The zero-order valence-corrected chi connectivity index (χ0v) is 13.0. The fraction of sp³-hybridized carbons (Fsp3) is 0.333. The third-order valence-electron chi connectivity index (χ3n) is 2.44. The Morgan fingerprint density at radius 1 is 1.67 bits per heavy atom. The summed E-state index contributed by atoms with van der Waals surface area (Å²) in [5, 5.41) is 1.37. The second-order valence-corrected chi connectivity index (χ2v) is 6.50. The molecule has 2 heterocycles. The van der Waals surface area contributed by atoms with Crippen molar-refractivity contribution in [2.45, 2.75) is 18.7 Å². The first-order valence-corrected chi connectivity index (χ1v) is 7.54. The highest BCUT2D eigenvalue weighted by atomic mass is 79.9. The minimum absolute atomic E-state index is 0.0455. The normalized spacial score (nSPS) is 12.7. The van der Waals surface area contributed by atoms with Crippen LogP contribution in [-0.2, 0) is 4.74 Å². The van der Waals surface area contributed by atoms with Gasteiger partial charge in [-0.05, 0) is 25.5 Å². The van der Waals surface area contributed by atoms with E-state index in [9.17, 15) is 4.79 Å². The lowest BCUT2D eigenvalue weighted by Gasteiger charge is -2.06. The van der Waals surface area contributed by atoms with E-state index in [0.717, 1.165) is 15.6 Å². The minimum Gasteiger partial charge on any atom is -0.462 e. The van der Waals surface area contributed by atoms with Crippen molar-refractivity contribution in [2.24, 2.45) is 0 Å². The number of rotatable bonds is 3. The Bertz CT molecular complexity index is 597. The molecule has 0 amide bonds. The zero-order valence-electron chi connectivity index (χ0n) is 9.87. The van der Waals surface area contributed by atoms with Crippen LogP contribution in [0.15, 0.2) is 12.3 Å². The first-order valence-electron chi connectivity index (χ1n) is 5.43. The summed E-state index contributed by atoms with van der Waals surface area (Å²) >= 11 is 10.8. The number of nitrogens with zero attached hydrogens (tertiary/aromatic N) is 1. The predicted octanol–water partition coefficient (Wildman–Crippen LogP) is 4.58. The number of alkyl halides is 1. The molecule has 0 N–H and O–H groups in total. The third-order valence-corrected chi connectivity index (χ3v) is 4.24. The summed E-state index contributed by atoms with van der Waals surface area (Å²) in [6.07, 6.45) is 1.68. The van der Waals surface area contributed by atoms with Gasteiger partial charge in [0.25, 0.3) is 0 Å². The molecule has 0 aliphatic heterocycles. The molecule has 0 saturated carbocycles. The summed E-state index contributed by atoms with van der Waals surface area (Å²) < 4.78 is 6.01. The minimum atomic E-state index is -0.295. The molecule has 1 unspecified atom stereocenters. The summed E-state index contributed by atoms with van der Waals surface area (Å²) in [6.45, 7) is 4.13. The van der Waals surface area contributed by atoms with Crippen LogP contribution in [0.3, 0.4) is 0 Å². The molecule has 18 heavy (non-hydrogen) atoms. The molecular weight excluding hydrogens is 338 g/mol. The summed E-state index contributed by atoms with van der Waals surface area (Å²) in [7, 11) is 0. The quantitative estimate of drug-likeness (QED) is 0.463. The first-order chi connectivity index (χ1) is 8.54. The van der Waals surface area contributed by atoms with Crippen molar-refractivity contribution in [2.75, 3.05) is 6.61 Å². The highest BCUT2D eigenvalue weighted by Gasteiger charge is 2.22. The van der Waals surface area contributed by atoms with Crippen LogP contribution in [0.5, 0.6) is 0 Å². The number of carbonyl (C=O) groups excluding carboxylic acids is 1. The van der Waals surface area contributed by atoms with Gasteiger partial charge in [0.15, 0.2) is 0 Å².